The molecule has 3 aromatic carbocycles. The smallest absolute Gasteiger partial charge is 0.316 e. The molecule has 34 heavy (non-hydrogen) atoms. The number of hydrogen-bond donors (Lipinski definition) is 1. The standard InChI is InChI=1S/C24H18ClN3O5S/c25-17-8-6-16(7-9-17)23-27-28-24(33-23)34-15-22(30)31-14-21(29)26-18-10-12-20(13-11-18)32-19-4-2-1-3-5-19/h1-13H,14-15H2,(H,26,29). The molecule has 0 aliphatic heterocycles. The zero-order valence-electron chi connectivity index (χ0n) is 17.6. The van der Waals surface area contributed by atoms with Crippen LogP contribution in [0.15, 0.2) is 88.5 Å². The Kier molecular flexibility index (Phi) is 7.79. The number of halogens is 1. The first kappa shape index (κ1) is 23.3. The van der Waals surface area contributed by atoms with Crippen LogP contribution < -0.4 is 10.1 Å². The Bertz CT molecular complexity index is 1250. The van der Waals surface area contributed by atoms with Gasteiger partial charge >= 0.3 is 5.97 Å². The second kappa shape index (κ2) is 11.4. The molecular formula is C24H18ClN3O5S. The number of thioether (sulfide) groups is 1. The van der Waals surface area contributed by atoms with Crippen LogP contribution in [0.1, 0.15) is 0 Å². The van der Waals surface area contributed by atoms with Crippen LogP contribution in [0.5, 0.6) is 11.5 Å². The number of nitrogens with zero attached hydrogens (tertiary/aromatic N) is 2. The molecule has 1 aromatic heterocycles. The zero-order valence-corrected chi connectivity index (χ0v) is 19.2. The largest absolute Gasteiger partial charge is 0.457 e. The first-order valence-electron chi connectivity index (χ1n) is 10.1. The SMILES string of the molecule is O=C(COC(=O)CSc1nnc(-c2ccc(Cl)cc2)o1)Nc1ccc(Oc2ccccc2)cc1. The van der Waals surface area contributed by atoms with Gasteiger partial charge in [-0.05, 0) is 60.7 Å². The molecule has 10 heteroatoms. The van der Waals surface area contributed by atoms with Crippen molar-refractivity contribution < 1.29 is 23.5 Å². The predicted octanol–water partition coefficient (Wildman–Crippen LogP) is 5.46. The van der Waals surface area contributed by atoms with E-state index >= 15 is 0 Å². The minimum atomic E-state index is -0.585. The van der Waals surface area contributed by atoms with E-state index in [0.717, 1.165) is 11.8 Å². The van der Waals surface area contributed by atoms with Crippen molar-refractivity contribution in [1.82, 2.24) is 10.2 Å². The lowest BCUT2D eigenvalue weighted by Gasteiger charge is -2.08. The number of benzene rings is 3. The number of nitrogens with one attached hydrogen (secondary N) is 1. The highest BCUT2D eigenvalue weighted by molar-refractivity contribution is 7.99. The Hall–Kier alpha value is -3.82. The van der Waals surface area contributed by atoms with E-state index in [1.54, 1.807) is 48.5 Å². The van der Waals surface area contributed by atoms with Crippen molar-refractivity contribution in [2.24, 2.45) is 0 Å². The summed E-state index contributed by atoms with van der Waals surface area (Å²) in [7, 11) is 0. The predicted molar refractivity (Wildman–Crippen MR) is 128 cm³/mol. The maximum atomic E-state index is 12.1. The average Bonchev–Trinajstić information content (AvgIpc) is 3.33. The molecule has 0 saturated carbocycles. The molecule has 0 aliphatic carbocycles. The Morgan fingerprint density at radius 2 is 1.62 bits per heavy atom. The normalized spacial score (nSPS) is 10.5. The molecule has 4 rings (SSSR count). The molecule has 0 aliphatic rings. The molecular weight excluding hydrogens is 478 g/mol. The third-order valence-corrected chi connectivity index (χ3v) is 5.34. The van der Waals surface area contributed by atoms with Crippen LogP contribution >= 0.6 is 23.4 Å². The number of ether oxygens (including phenoxy) is 2. The summed E-state index contributed by atoms with van der Waals surface area (Å²) in [5, 5.41) is 11.3. The van der Waals surface area contributed by atoms with Gasteiger partial charge in [-0.1, -0.05) is 41.6 Å². The second-order valence-electron chi connectivity index (χ2n) is 6.82. The Morgan fingerprint density at radius 3 is 2.35 bits per heavy atom. The van der Waals surface area contributed by atoms with Gasteiger partial charge < -0.3 is 19.2 Å². The number of rotatable bonds is 9. The van der Waals surface area contributed by atoms with E-state index in [4.69, 9.17) is 25.5 Å². The molecule has 0 fully saturated rings. The molecule has 0 spiro atoms. The fraction of sp³-hybridized carbons (Fsp3) is 0.0833. The lowest BCUT2D eigenvalue weighted by molar-refractivity contribution is -0.144. The number of esters is 1. The Morgan fingerprint density at radius 1 is 0.912 bits per heavy atom. The summed E-state index contributed by atoms with van der Waals surface area (Å²) in [6.07, 6.45) is 0. The highest BCUT2D eigenvalue weighted by Gasteiger charge is 2.13. The molecule has 0 atom stereocenters. The third-order valence-electron chi connectivity index (χ3n) is 4.29. The van der Waals surface area contributed by atoms with Gasteiger partial charge in [0, 0.05) is 16.3 Å². The van der Waals surface area contributed by atoms with Crippen LogP contribution in [0, 0.1) is 0 Å². The van der Waals surface area contributed by atoms with Gasteiger partial charge in [0.05, 0.1) is 0 Å². The summed E-state index contributed by atoms with van der Waals surface area (Å²) < 4.78 is 16.2. The van der Waals surface area contributed by atoms with E-state index in [2.05, 4.69) is 15.5 Å². The molecule has 4 aromatic rings. The van der Waals surface area contributed by atoms with Gasteiger partial charge in [0.2, 0.25) is 5.89 Å². The summed E-state index contributed by atoms with van der Waals surface area (Å²) in [6.45, 7) is -0.415. The van der Waals surface area contributed by atoms with Gasteiger partial charge in [-0.25, -0.2) is 0 Å². The number of hydrogen-bond acceptors (Lipinski definition) is 8. The van der Waals surface area contributed by atoms with Crippen LogP contribution in [0.25, 0.3) is 11.5 Å². The number of carbonyl (C=O) groups excluding carboxylic acids is 2. The molecule has 0 saturated heterocycles. The number of carbonyl (C=O) groups is 2. The van der Waals surface area contributed by atoms with Gasteiger partial charge in [0.15, 0.2) is 6.61 Å². The van der Waals surface area contributed by atoms with E-state index in [0.29, 0.717) is 33.7 Å². The minimum Gasteiger partial charge on any atom is -0.457 e. The van der Waals surface area contributed by atoms with E-state index in [1.165, 1.54) is 0 Å². The number of amides is 1. The van der Waals surface area contributed by atoms with Crippen LogP contribution in [0.2, 0.25) is 5.02 Å². The molecule has 8 nitrogen and oxygen atoms in total. The Labute approximate surface area is 204 Å². The topological polar surface area (TPSA) is 104 Å². The van der Waals surface area contributed by atoms with E-state index in [1.807, 2.05) is 30.3 Å². The number of anilines is 1. The highest BCUT2D eigenvalue weighted by atomic mass is 35.5. The molecule has 1 amide bonds. The van der Waals surface area contributed by atoms with Gasteiger partial charge in [0.1, 0.15) is 17.3 Å². The van der Waals surface area contributed by atoms with Crippen LogP contribution in [0.3, 0.4) is 0 Å². The van der Waals surface area contributed by atoms with E-state index < -0.39 is 18.5 Å². The average molecular weight is 496 g/mol. The minimum absolute atomic E-state index is 0.0823. The van der Waals surface area contributed by atoms with Gasteiger partial charge in [-0.3, -0.25) is 9.59 Å². The fourth-order valence-corrected chi connectivity index (χ4v) is 3.40. The van der Waals surface area contributed by atoms with Crippen molar-refractivity contribution in [3.8, 4) is 23.0 Å². The second-order valence-corrected chi connectivity index (χ2v) is 8.18. The van der Waals surface area contributed by atoms with Gasteiger partial charge in [-0.15, -0.1) is 10.2 Å². The van der Waals surface area contributed by atoms with Crippen LogP contribution in [0.4, 0.5) is 5.69 Å². The molecule has 1 N–H and O–H groups in total. The third kappa shape index (κ3) is 6.84. The maximum Gasteiger partial charge on any atom is 0.316 e. The summed E-state index contributed by atoms with van der Waals surface area (Å²) in [4.78, 5) is 24.0. The van der Waals surface area contributed by atoms with E-state index in [-0.39, 0.29) is 11.0 Å². The summed E-state index contributed by atoms with van der Waals surface area (Å²) in [5.41, 5.74) is 1.26. The summed E-state index contributed by atoms with van der Waals surface area (Å²) in [5.74, 6) is 0.530. The first-order chi connectivity index (χ1) is 16.5. The van der Waals surface area contributed by atoms with Crippen molar-refractivity contribution in [3.63, 3.8) is 0 Å². The quantitative estimate of drug-likeness (QED) is 0.241. The van der Waals surface area contributed by atoms with Crippen molar-refractivity contribution >= 4 is 40.9 Å². The first-order valence-corrected chi connectivity index (χ1v) is 11.4. The molecule has 1 heterocycles. The van der Waals surface area contributed by atoms with Crippen LogP contribution in [-0.4, -0.2) is 34.4 Å². The molecule has 0 unspecified atom stereocenters. The summed E-state index contributed by atoms with van der Waals surface area (Å²) >= 11 is 6.88. The van der Waals surface area contributed by atoms with Crippen molar-refractivity contribution in [3.05, 3.63) is 83.9 Å². The molecule has 0 radical (unpaired) electrons. The zero-order chi connectivity index (χ0) is 23.8. The molecule has 172 valence electrons. The van der Waals surface area contributed by atoms with Crippen molar-refractivity contribution in [2.45, 2.75) is 5.22 Å². The van der Waals surface area contributed by atoms with Crippen molar-refractivity contribution in [2.75, 3.05) is 17.7 Å². The lowest BCUT2D eigenvalue weighted by Crippen LogP contribution is -2.21. The lowest BCUT2D eigenvalue weighted by atomic mass is 10.2. The van der Waals surface area contributed by atoms with Crippen LogP contribution in [-0.2, 0) is 14.3 Å². The monoisotopic (exact) mass is 495 g/mol. The molecule has 0 bridgehead atoms. The fourth-order valence-electron chi connectivity index (χ4n) is 2.71. The summed E-state index contributed by atoms with van der Waals surface area (Å²) in [6, 6.07) is 23.1. The maximum absolute atomic E-state index is 12.1. The van der Waals surface area contributed by atoms with Gasteiger partial charge in [0.25, 0.3) is 11.1 Å². The van der Waals surface area contributed by atoms with E-state index in [9.17, 15) is 9.59 Å². The van der Waals surface area contributed by atoms with Crippen molar-refractivity contribution in [1.29, 1.82) is 0 Å². The number of aromatic nitrogens is 2. The van der Waals surface area contributed by atoms with Gasteiger partial charge in [-0.2, -0.15) is 0 Å². The Balaban J connectivity index is 1.18. The highest BCUT2D eigenvalue weighted by Crippen LogP contribution is 2.25. The number of para-hydroxylation sites is 1.